The van der Waals surface area contributed by atoms with E-state index in [1.807, 2.05) is 0 Å². The van der Waals surface area contributed by atoms with Gasteiger partial charge in [0.25, 0.3) is 0 Å². The fourth-order valence-electron chi connectivity index (χ4n) is 2.48. The van der Waals surface area contributed by atoms with Crippen LogP contribution in [0.15, 0.2) is 24.3 Å². The van der Waals surface area contributed by atoms with Gasteiger partial charge in [-0.25, -0.2) is 4.79 Å². The summed E-state index contributed by atoms with van der Waals surface area (Å²) < 4.78 is 5.07. The standard InChI is InChI=1S/C15H20N2O4/c16-10-15(5-2-6-15)8-13(18)17-11-3-1-4-12(7-11)21-9-14(19)20/h1,3-4,7H,2,5-6,8-10,16H2,(H,17,18)(H,19,20). The van der Waals surface area contributed by atoms with Crippen molar-refractivity contribution >= 4 is 17.6 Å². The smallest absolute Gasteiger partial charge is 0.341 e. The molecule has 1 aromatic rings. The second-order valence-electron chi connectivity index (χ2n) is 5.49. The Morgan fingerprint density at radius 3 is 2.71 bits per heavy atom. The van der Waals surface area contributed by atoms with Gasteiger partial charge in [-0.2, -0.15) is 0 Å². The van der Waals surface area contributed by atoms with Crippen molar-refractivity contribution in [1.82, 2.24) is 0 Å². The van der Waals surface area contributed by atoms with Gasteiger partial charge < -0.3 is 20.9 Å². The number of carboxylic acids is 1. The lowest BCUT2D eigenvalue weighted by atomic mass is 9.66. The number of hydrogen-bond acceptors (Lipinski definition) is 4. The number of carbonyl (C=O) groups is 2. The Morgan fingerprint density at radius 1 is 1.38 bits per heavy atom. The molecular formula is C15H20N2O4. The second kappa shape index (κ2) is 6.58. The molecule has 6 heteroatoms. The van der Waals surface area contributed by atoms with Crippen molar-refractivity contribution < 1.29 is 19.4 Å². The molecule has 0 unspecified atom stereocenters. The zero-order chi connectivity index (χ0) is 15.3. The van der Waals surface area contributed by atoms with Gasteiger partial charge in [0.2, 0.25) is 5.91 Å². The summed E-state index contributed by atoms with van der Waals surface area (Å²) in [6.07, 6.45) is 3.55. The molecule has 0 spiro atoms. The quantitative estimate of drug-likeness (QED) is 0.708. The highest BCUT2D eigenvalue weighted by atomic mass is 16.5. The summed E-state index contributed by atoms with van der Waals surface area (Å²) in [6.45, 7) is 0.121. The van der Waals surface area contributed by atoms with E-state index in [9.17, 15) is 9.59 Å². The molecule has 1 saturated carbocycles. The van der Waals surface area contributed by atoms with Gasteiger partial charge in [0, 0.05) is 18.2 Å². The fraction of sp³-hybridized carbons (Fsp3) is 0.467. The van der Waals surface area contributed by atoms with Crippen molar-refractivity contribution in [1.29, 1.82) is 0 Å². The van der Waals surface area contributed by atoms with Crippen LogP contribution in [0.5, 0.6) is 5.75 Å². The van der Waals surface area contributed by atoms with E-state index < -0.39 is 12.6 Å². The minimum atomic E-state index is -1.04. The van der Waals surface area contributed by atoms with Crippen LogP contribution >= 0.6 is 0 Å². The van der Waals surface area contributed by atoms with Gasteiger partial charge in [-0.3, -0.25) is 4.79 Å². The largest absolute Gasteiger partial charge is 0.482 e. The summed E-state index contributed by atoms with van der Waals surface area (Å²) in [7, 11) is 0. The molecule has 0 bridgehead atoms. The van der Waals surface area contributed by atoms with Gasteiger partial charge in [-0.05, 0) is 36.9 Å². The number of hydrogen-bond donors (Lipinski definition) is 3. The lowest BCUT2D eigenvalue weighted by Crippen LogP contribution is -2.40. The highest BCUT2D eigenvalue weighted by molar-refractivity contribution is 5.91. The summed E-state index contributed by atoms with van der Waals surface area (Å²) >= 11 is 0. The molecule has 1 aliphatic rings. The summed E-state index contributed by atoms with van der Waals surface area (Å²) in [5.74, 6) is -0.706. The van der Waals surface area contributed by atoms with E-state index in [2.05, 4.69) is 5.32 Å². The molecule has 0 radical (unpaired) electrons. The molecule has 4 N–H and O–H groups in total. The summed E-state index contributed by atoms with van der Waals surface area (Å²) in [5, 5.41) is 11.4. The first-order valence-corrected chi connectivity index (χ1v) is 6.98. The van der Waals surface area contributed by atoms with Crippen LogP contribution < -0.4 is 15.8 Å². The number of nitrogens with two attached hydrogens (primary N) is 1. The Labute approximate surface area is 123 Å². The van der Waals surface area contributed by atoms with Crippen LogP contribution in [0, 0.1) is 5.41 Å². The molecule has 0 aromatic heterocycles. The molecule has 1 aromatic carbocycles. The first-order valence-electron chi connectivity index (χ1n) is 6.98. The summed E-state index contributed by atoms with van der Waals surface area (Å²) in [5.41, 5.74) is 6.30. The van der Waals surface area contributed by atoms with Gasteiger partial charge in [0.05, 0.1) is 0 Å². The average molecular weight is 292 g/mol. The second-order valence-corrected chi connectivity index (χ2v) is 5.49. The van der Waals surface area contributed by atoms with Crippen LogP contribution in [0.1, 0.15) is 25.7 Å². The normalized spacial score (nSPS) is 15.9. The Kier molecular flexibility index (Phi) is 4.80. The van der Waals surface area contributed by atoms with E-state index >= 15 is 0 Å². The van der Waals surface area contributed by atoms with E-state index in [4.69, 9.17) is 15.6 Å². The lowest BCUT2D eigenvalue weighted by molar-refractivity contribution is -0.139. The molecule has 114 valence electrons. The molecule has 0 heterocycles. The molecule has 21 heavy (non-hydrogen) atoms. The van der Waals surface area contributed by atoms with E-state index in [0.717, 1.165) is 19.3 Å². The predicted molar refractivity (Wildman–Crippen MR) is 78.2 cm³/mol. The van der Waals surface area contributed by atoms with Gasteiger partial charge >= 0.3 is 5.97 Å². The Balaban J connectivity index is 1.91. The molecule has 1 aliphatic carbocycles. The number of anilines is 1. The zero-order valence-corrected chi connectivity index (χ0v) is 11.8. The number of aliphatic carboxylic acids is 1. The van der Waals surface area contributed by atoms with Crippen molar-refractivity contribution in [2.75, 3.05) is 18.5 Å². The fourth-order valence-corrected chi connectivity index (χ4v) is 2.48. The highest BCUT2D eigenvalue weighted by Gasteiger charge is 2.37. The van der Waals surface area contributed by atoms with Gasteiger partial charge in [0.1, 0.15) is 5.75 Å². The highest BCUT2D eigenvalue weighted by Crippen LogP contribution is 2.43. The number of carboxylic acid groups (broad SMARTS) is 1. The van der Waals surface area contributed by atoms with E-state index in [1.54, 1.807) is 24.3 Å². The third kappa shape index (κ3) is 4.19. The molecular weight excluding hydrogens is 272 g/mol. The third-order valence-electron chi connectivity index (χ3n) is 3.86. The number of amides is 1. The first-order chi connectivity index (χ1) is 10.0. The molecule has 2 rings (SSSR count). The molecule has 0 aliphatic heterocycles. The van der Waals surface area contributed by atoms with Crippen molar-refractivity contribution in [2.45, 2.75) is 25.7 Å². The number of nitrogens with one attached hydrogen (secondary N) is 1. The van der Waals surface area contributed by atoms with E-state index in [0.29, 0.717) is 24.4 Å². The molecule has 1 amide bonds. The minimum Gasteiger partial charge on any atom is -0.482 e. The SMILES string of the molecule is NCC1(CC(=O)Nc2cccc(OCC(=O)O)c2)CCC1. The molecule has 1 fully saturated rings. The topological polar surface area (TPSA) is 102 Å². The molecule has 6 nitrogen and oxygen atoms in total. The van der Waals surface area contributed by atoms with Crippen molar-refractivity contribution in [2.24, 2.45) is 11.1 Å². The van der Waals surface area contributed by atoms with Gasteiger partial charge in [0.15, 0.2) is 6.61 Å². The summed E-state index contributed by atoms with van der Waals surface area (Å²) in [6, 6.07) is 6.69. The maximum Gasteiger partial charge on any atom is 0.341 e. The van der Waals surface area contributed by atoms with Gasteiger partial charge in [-0.15, -0.1) is 0 Å². The Hall–Kier alpha value is -2.08. The monoisotopic (exact) mass is 292 g/mol. The number of benzene rings is 1. The Morgan fingerprint density at radius 2 is 2.14 bits per heavy atom. The van der Waals surface area contributed by atoms with E-state index in [1.165, 1.54) is 0 Å². The number of carbonyl (C=O) groups excluding carboxylic acids is 1. The number of rotatable bonds is 7. The van der Waals surface area contributed by atoms with Crippen LogP contribution in [0.25, 0.3) is 0 Å². The average Bonchev–Trinajstić information content (AvgIpc) is 2.41. The van der Waals surface area contributed by atoms with Crippen LogP contribution in [-0.2, 0) is 9.59 Å². The van der Waals surface area contributed by atoms with Crippen LogP contribution in [-0.4, -0.2) is 30.1 Å². The maximum atomic E-state index is 12.1. The van der Waals surface area contributed by atoms with Crippen molar-refractivity contribution in [3.63, 3.8) is 0 Å². The predicted octanol–water partition coefficient (Wildman–Crippen LogP) is 1.61. The number of ether oxygens (including phenoxy) is 1. The third-order valence-corrected chi connectivity index (χ3v) is 3.86. The zero-order valence-electron chi connectivity index (χ0n) is 11.8. The lowest BCUT2D eigenvalue weighted by Gasteiger charge is -2.40. The summed E-state index contributed by atoms with van der Waals surface area (Å²) in [4.78, 5) is 22.5. The maximum absolute atomic E-state index is 12.1. The van der Waals surface area contributed by atoms with Crippen LogP contribution in [0.4, 0.5) is 5.69 Å². The van der Waals surface area contributed by atoms with Gasteiger partial charge in [-0.1, -0.05) is 12.5 Å². The minimum absolute atomic E-state index is 0.0402. The molecule has 0 atom stereocenters. The van der Waals surface area contributed by atoms with Crippen LogP contribution in [0.2, 0.25) is 0 Å². The van der Waals surface area contributed by atoms with E-state index in [-0.39, 0.29) is 11.3 Å². The van der Waals surface area contributed by atoms with Crippen LogP contribution in [0.3, 0.4) is 0 Å². The molecule has 0 saturated heterocycles. The van der Waals surface area contributed by atoms with Crippen molar-refractivity contribution in [3.8, 4) is 5.75 Å². The Bertz CT molecular complexity index is 521. The first kappa shape index (κ1) is 15.3. The van der Waals surface area contributed by atoms with Crippen molar-refractivity contribution in [3.05, 3.63) is 24.3 Å².